The fourth-order valence-electron chi connectivity index (χ4n) is 3.02. The van der Waals surface area contributed by atoms with Crippen molar-refractivity contribution < 1.29 is 9.47 Å². The minimum absolute atomic E-state index is 0.0938. The van der Waals surface area contributed by atoms with Gasteiger partial charge in [-0.15, -0.1) is 0 Å². The zero-order valence-corrected chi connectivity index (χ0v) is 11.5. The summed E-state index contributed by atoms with van der Waals surface area (Å²) in [6.07, 6.45) is 9.19. The molecule has 0 aromatic heterocycles. The zero-order chi connectivity index (χ0) is 13.0. The largest absolute Gasteiger partial charge is 0.350 e. The summed E-state index contributed by atoms with van der Waals surface area (Å²) in [5, 5.41) is 0. The number of ether oxygens (including phenoxy) is 2. The molecule has 18 heavy (non-hydrogen) atoms. The van der Waals surface area contributed by atoms with Gasteiger partial charge in [-0.3, -0.25) is 0 Å². The third-order valence-corrected chi connectivity index (χ3v) is 4.21. The van der Waals surface area contributed by atoms with Gasteiger partial charge >= 0.3 is 0 Å². The maximum atomic E-state index is 5.96. The quantitative estimate of drug-likeness (QED) is 0.754. The first-order valence-electron chi connectivity index (χ1n) is 7.45. The van der Waals surface area contributed by atoms with Crippen LogP contribution in [-0.4, -0.2) is 30.6 Å². The Morgan fingerprint density at radius 3 is 1.39 bits per heavy atom. The number of hydrogen-bond donors (Lipinski definition) is 2. The molecule has 0 aliphatic heterocycles. The average molecular weight is 256 g/mol. The molecule has 2 rings (SSSR count). The molecule has 4 N–H and O–H groups in total. The summed E-state index contributed by atoms with van der Waals surface area (Å²) in [6, 6.07) is 0.752. The molecule has 2 aliphatic rings. The lowest BCUT2D eigenvalue weighted by Crippen LogP contribution is -2.35. The third kappa shape index (κ3) is 4.50. The molecule has 106 valence electrons. The van der Waals surface area contributed by atoms with Crippen molar-refractivity contribution in [2.24, 2.45) is 11.5 Å². The maximum Gasteiger partial charge on any atom is 0.155 e. The van der Waals surface area contributed by atoms with Crippen LogP contribution in [0.2, 0.25) is 0 Å². The highest BCUT2D eigenvalue weighted by Crippen LogP contribution is 2.24. The molecule has 2 fully saturated rings. The smallest absolute Gasteiger partial charge is 0.155 e. The molecular weight excluding hydrogens is 228 g/mol. The number of rotatable bonds is 4. The van der Waals surface area contributed by atoms with Crippen LogP contribution < -0.4 is 11.5 Å². The first-order chi connectivity index (χ1) is 8.63. The lowest BCUT2D eigenvalue weighted by Gasteiger charge is -2.32. The van der Waals surface area contributed by atoms with Gasteiger partial charge in [-0.1, -0.05) is 0 Å². The van der Waals surface area contributed by atoms with Crippen LogP contribution in [0.25, 0.3) is 0 Å². The van der Waals surface area contributed by atoms with Gasteiger partial charge in [0, 0.05) is 12.1 Å². The molecule has 0 unspecified atom stereocenters. The number of hydrogen-bond acceptors (Lipinski definition) is 4. The summed E-state index contributed by atoms with van der Waals surface area (Å²) in [7, 11) is 0. The van der Waals surface area contributed by atoms with Crippen molar-refractivity contribution in [2.45, 2.75) is 88.9 Å². The summed E-state index contributed by atoms with van der Waals surface area (Å²) in [5.74, 6) is 0. The topological polar surface area (TPSA) is 70.5 Å². The molecule has 4 heteroatoms. The van der Waals surface area contributed by atoms with Crippen LogP contribution in [0.4, 0.5) is 0 Å². The lowest BCUT2D eigenvalue weighted by molar-refractivity contribution is -0.194. The van der Waals surface area contributed by atoms with Crippen molar-refractivity contribution in [1.82, 2.24) is 0 Å². The van der Waals surface area contributed by atoms with Gasteiger partial charge in [0.15, 0.2) is 6.29 Å². The van der Waals surface area contributed by atoms with E-state index >= 15 is 0 Å². The average Bonchev–Trinajstić information content (AvgIpc) is 2.35. The molecule has 0 aromatic rings. The Labute approximate surface area is 110 Å². The van der Waals surface area contributed by atoms with Crippen LogP contribution in [-0.2, 0) is 9.47 Å². The van der Waals surface area contributed by atoms with Crippen molar-refractivity contribution in [3.8, 4) is 0 Å². The molecule has 0 saturated heterocycles. The first-order valence-corrected chi connectivity index (χ1v) is 7.45. The molecule has 2 saturated carbocycles. The van der Waals surface area contributed by atoms with Crippen LogP contribution in [0.5, 0.6) is 0 Å². The van der Waals surface area contributed by atoms with E-state index in [4.69, 9.17) is 20.9 Å². The molecular formula is C14H28N2O2. The standard InChI is InChI=1S/C14H28N2O2/c1-10(17-13-6-2-11(15)3-7-13)18-14-8-4-12(16)5-9-14/h10-14H,2-9,15-16H2,1H3. The Morgan fingerprint density at radius 1 is 0.722 bits per heavy atom. The van der Waals surface area contributed by atoms with E-state index < -0.39 is 0 Å². The normalized spacial score (nSPS) is 39.5. The molecule has 0 aromatic carbocycles. The van der Waals surface area contributed by atoms with Gasteiger partial charge in [-0.2, -0.15) is 0 Å². The van der Waals surface area contributed by atoms with E-state index in [-0.39, 0.29) is 6.29 Å². The highest BCUT2D eigenvalue weighted by Gasteiger charge is 2.24. The monoisotopic (exact) mass is 256 g/mol. The predicted octanol–water partition coefficient (Wildman–Crippen LogP) is 1.91. The van der Waals surface area contributed by atoms with Gasteiger partial charge < -0.3 is 20.9 Å². The van der Waals surface area contributed by atoms with Gasteiger partial charge in [0.25, 0.3) is 0 Å². The molecule has 4 nitrogen and oxygen atoms in total. The third-order valence-electron chi connectivity index (χ3n) is 4.21. The molecule has 0 amide bonds. The molecule has 0 atom stereocenters. The van der Waals surface area contributed by atoms with Crippen molar-refractivity contribution >= 4 is 0 Å². The minimum atomic E-state index is -0.0938. The van der Waals surface area contributed by atoms with Crippen molar-refractivity contribution in [3.05, 3.63) is 0 Å². The summed E-state index contributed by atoms with van der Waals surface area (Å²) in [4.78, 5) is 0. The predicted molar refractivity (Wildman–Crippen MR) is 72.1 cm³/mol. The second-order valence-corrected chi connectivity index (χ2v) is 5.91. The minimum Gasteiger partial charge on any atom is -0.350 e. The molecule has 2 aliphatic carbocycles. The molecule has 0 spiro atoms. The van der Waals surface area contributed by atoms with E-state index in [1.807, 2.05) is 6.92 Å². The van der Waals surface area contributed by atoms with Crippen LogP contribution >= 0.6 is 0 Å². The Hall–Kier alpha value is -0.160. The highest BCUT2D eigenvalue weighted by atomic mass is 16.7. The van der Waals surface area contributed by atoms with E-state index in [0.29, 0.717) is 24.3 Å². The molecule has 0 bridgehead atoms. The van der Waals surface area contributed by atoms with Crippen LogP contribution in [0.1, 0.15) is 58.3 Å². The Kier molecular flexibility index (Phi) is 5.42. The Morgan fingerprint density at radius 2 is 1.06 bits per heavy atom. The van der Waals surface area contributed by atoms with Gasteiger partial charge in [-0.05, 0) is 58.3 Å². The highest BCUT2D eigenvalue weighted by molar-refractivity contribution is 4.76. The molecule has 0 heterocycles. The van der Waals surface area contributed by atoms with E-state index in [2.05, 4.69) is 0 Å². The Bertz CT molecular complexity index is 210. The lowest BCUT2D eigenvalue weighted by atomic mass is 9.93. The first kappa shape index (κ1) is 14.3. The summed E-state index contributed by atoms with van der Waals surface area (Å²) >= 11 is 0. The van der Waals surface area contributed by atoms with E-state index in [1.54, 1.807) is 0 Å². The van der Waals surface area contributed by atoms with Gasteiger partial charge in [0.2, 0.25) is 0 Å². The second-order valence-electron chi connectivity index (χ2n) is 5.91. The van der Waals surface area contributed by atoms with Gasteiger partial charge in [0.05, 0.1) is 12.2 Å². The van der Waals surface area contributed by atoms with Gasteiger partial charge in [-0.25, -0.2) is 0 Å². The summed E-state index contributed by atoms with van der Waals surface area (Å²) in [5.41, 5.74) is 11.8. The van der Waals surface area contributed by atoms with Crippen LogP contribution in [0, 0.1) is 0 Å². The van der Waals surface area contributed by atoms with Crippen molar-refractivity contribution in [1.29, 1.82) is 0 Å². The van der Waals surface area contributed by atoms with Gasteiger partial charge in [0.1, 0.15) is 0 Å². The fraction of sp³-hybridized carbons (Fsp3) is 1.00. The second kappa shape index (κ2) is 6.85. The fourth-order valence-corrected chi connectivity index (χ4v) is 3.02. The SMILES string of the molecule is CC(OC1CCC(N)CC1)OC1CCC(N)CC1. The molecule has 0 radical (unpaired) electrons. The number of nitrogens with two attached hydrogens (primary N) is 2. The van der Waals surface area contributed by atoms with Crippen LogP contribution in [0.15, 0.2) is 0 Å². The Balaban J connectivity index is 1.64. The summed E-state index contributed by atoms with van der Waals surface area (Å²) < 4.78 is 11.9. The maximum absolute atomic E-state index is 5.96. The van der Waals surface area contributed by atoms with E-state index in [0.717, 1.165) is 51.4 Å². The van der Waals surface area contributed by atoms with Crippen molar-refractivity contribution in [2.75, 3.05) is 0 Å². The summed E-state index contributed by atoms with van der Waals surface area (Å²) in [6.45, 7) is 2.02. The zero-order valence-electron chi connectivity index (χ0n) is 11.5. The van der Waals surface area contributed by atoms with E-state index in [1.165, 1.54) is 0 Å². The van der Waals surface area contributed by atoms with Crippen LogP contribution in [0.3, 0.4) is 0 Å². The van der Waals surface area contributed by atoms with Crippen molar-refractivity contribution in [3.63, 3.8) is 0 Å². The van der Waals surface area contributed by atoms with E-state index in [9.17, 15) is 0 Å².